The van der Waals surface area contributed by atoms with E-state index in [-0.39, 0.29) is 5.91 Å². The average molecular weight is 332 g/mol. The number of carbonyl (C=O) groups is 1. The summed E-state index contributed by atoms with van der Waals surface area (Å²) in [4.78, 5) is 18.7. The Morgan fingerprint density at radius 1 is 1.23 bits per heavy atom. The molecule has 1 heterocycles. The molecule has 3 nitrogen and oxygen atoms in total. The van der Waals surface area contributed by atoms with E-state index in [9.17, 15) is 4.79 Å². The van der Waals surface area contributed by atoms with Crippen LogP contribution in [0.15, 0.2) is 39.1 Å². The van der Waals surface area contributed by atoms with Gasteiger partial charge in [0.2, 0.25) is 0 Å². The molecule has 2 aliphatic rings. The van der Waals surface area contributed by atoms with Crippen LogP contribution in [0.2, 0.25) is 0 Å². The van der Waals surface area contributed by atoms with E-state index in [1.165, 1.54) is 35.9 Å². The highest BCUT2D eigenvalue weighted by Crippen LogP contribution is 2.29. The molecular formula is C17H20N2OS2. The van der Waals surface area contributed by atoms with Crippen LogP contribution >= 0.6 is 23.5 Å². The molecule has 1 aliphatic heterocycles. The SMILES string of the molecule is CSc1ccc(/C=C2/SC(=NC3CCCCC3)NC2=O)cc1. The van der Waals surface area contributed by atoms with Crippen LogP contribution in [-0.4, -0.2) is 23.4 Å². The molecule has 0 spiro atoms. The van der Waals surface area contributed by atoms with Crippen LogP contribution in [-0.2, 0) is 4.79 Å². The van der Waals surface area contributed by atoms with Crippen molar-refractivity contribution in [3.63, 3.8) is 0 Å². The Bertz CT molecular complexity index is 602. The van der Waals surface area contributed by atoms with Gasteiger partial charge in [-0.2, -0.15) is 0 Å². The first kappa shape index (κ1) is 15.7. The molecule has 0 aromatic heterocycles. The van der Waals surface area contributed by atoms with Gasteiger partial charge in [-0.3, -0.25) is 9.79 Å². The highest BCUT2D eigenvalue weighted by atomic mass is 32.2. The van der Waals surface area contributed by atoms with Crippen molar-refractivity contribution in [2.45, 2.75) is 43.0 Å². The molecule has 0 unspecified atom stereocenters. The Labute approximate surface area is 140 Å². The smallest absolute Gasteiger partial charge is 0.264 e. The lowest BCUT2D eigenvalue weighted by Crippen LogP contribution is -2.22. The van der Waals surface area contributed by atoms with E-state index in [0.29, 0.717) is 6.04 Å². The predicted molar refractivity (Wildman–Crippen MR) is 96.2 cm³/mol. The maximum atomic E-state index is 12.1. The summed E-state index contributed by atoms with van der Waals surface area (Å²) in [5.41, 5.74) is 1.05. The number of thioether (sulfide) groups is 2. The molecule has 0 radical (unpaired) electrons. The van der Waals surface area contributed by atoms with Gasteiger partial charge in [-0.25, -0.2) is 0 Å². The van der Waals surface area contributed by atoms with Crippen molar-refractivity contribution in [3.8, 4) is 0 Å². The molecule has 1 amide bonds. The molecule has 2 fully saturated rings. The topological polar surface area (TPSA) is 41.5 Å². The van der Waals surface area contributed by atoms with Crippen LogP contribution in [0.25, 0.3) is 6.08 Å². The van der Waals surface area contributed by atoms with Crippen molar-refractivity contribution in [3.05, 3.63) is 34.7 Å². The monoisotopic (exact) mass is 332 g/mol. The minimum absolute atomic E-state index is 0.0338. The maximum Gasteiger partial charge on any atom is 0.264 e. The molecule has 0 atom stereocenters. The molecule has 0 bridgehead atoms. The molecule has 1 N–H and O–H groups in total. The maximum absolute atomic E-state index is 12.1. The van der Waals surface area contributed by atoms with Gasteiger partial charge in [0.1, 0.15) is 0 Å². The van der Waals surface area contributed by atoms with E-state index in [0.717, 1.165) is 28.5 Å². The van der Waals surface area contributed by atoms with Crippen molar-refractivity contribution in [1.29, 1.82) is 0 Å². The van der Waals surface area contributed by atoms with Gasteiger partial charge in [0.25, 0.3) is 5.91 Å². The zero-order valence-electron chi connectivity index (χ0n) is 12.7. The van der Waals surface area contributed by atoms with Gasteiger partial charge in [-0.05, 0) is 54.6 Å². The molecule has 1 aromatic carbocycles. The summed E-state index contributed by atoms with van der Waals surface area (Å²) >= 11 is 3.18. The molecule has 22 heavy (non-hydrogen) atoms. The number of nitrogens with zero attached hydrogens (tertiary/aromatic N) is 1. The fraction of sp³-hybridized carbons (Fsp3) is 0.412. The summed E-state index contributed by atoms with van der Waals surface area (Å²) < 4.78 is 0. The average Bonchev–Trinajstić information content (AvgIpc) is 2.88. The quantitative estimate of drug-likeness (QED) is 0.663. The summed E-state index contributed by atoms with van der Waals surface area (Å²) in [5, 5.41) is 3.66. The zero-order chi connectivity index (χ0) is 15.4. The minimum Gasteiger partial charge on any atom is -0.301 e. The number of rotatable bonds is 3. The van der Waals surface area contributed by atoms with E-state index in [1.807, 2.05) is 18.2 Å². The number of amidine groups is 1. The number of hydrogen-bond acceptors (Lipinski definition) is 4. The van der Waals surface area contributed by atoms with Crippen LogP contribution in [0.1, 0.15) is 37.7 Å². The van der Waals surface area contributed by atoms with Gasteiger partial charge in [0.15, 0.2) is 5.17 Å². The lowest BCUT2D eigenvalue weighted by Gasteiger charge is -2.17. The Balaban J connectivity index is 1.70. The molecule has 1 saturated carbocycles. The van der Waals surface area contributed by atoms with Crippen LogP contribution < -0.4 is 5.32 Å². The van der Waals surface area contributed by atoms with E-state index < -0.39 is 0 Å². The molecular weight excluding hydrogens is 312 g/mol. The molecule has 1 aliphatic carbocycles. The third-order valence-corrected chi connectivity index (χ3v) is 5.61. The molecule has 3 rings (SSSR count). The van der Waals surface area contributed by atoms with Crippen molar-refractivity contribution in [2.24, 2.45) is 4.99 Å². The van der Waals surface area contributed by atoms with Gasteiger partial charge < -0.3 is 5.32 Å². The number of carbonyl (C=O) groups excluding carboxylic acids is 1. The second-order valence-corrected chi connectivity index (χ2v) is 7.47. The fourth-order valence-electron chi connectivity index (χ4n) is 2.72. The fourth-order valence-corrected chi connectivity index (χ4v) is 4.02. The highest BCUT2D eigenvalue weighted by molar-refractivity contribution is 8.18. The summed E-state index contributed by atoms with van der Waals surface area (Å²) in [6.45, 7) is 0. The van der Waals surface area contributed by atoms with Crippen LogP contribution in [0.4, 0.5) is 0 Å². The lowest BCUT2D eigenvalue weighted by molar-refractivity contribution is -0.115. The minimum atomic E-state index is -0.0338. The summed E-state index contributed by atoms with van der Waals surface area (Å²) in [7, 11) is 0. The predicted octanol–water partition coefficient (Wildman–Crippen LogP) is 4.30. The van der Waals surface area contributed by atoms with Crippen LogP contribution in [0, 0.1) is 0 Å². The molecule has 116 valence electrons. The summed E-state index contributed by atoms with van der Waals surface area (Å²) in [6.07, 6.45) is 10.1. The number of amides is 1. The van der Waals surface area contributed by atoms with Crippen molar-refractivity contribution in [2.75, 3.05) is 6.26 Å². The Hall–Kier alpha value is -1.20. The van der Waals surface area contributed by atoms with E-state index in [2.05, 4.69) is 23.7 Å². The third-order valence-electron chi connectivity index (χ3n) is 3.94. The molecule has 1 saturated heterocycles. The lowest BCUT2D eigenvalue weighted by atomic mass is 9.96. The van der Waals surface area contributed by atoms with E-state index in [4.69, 9.17) is 4.99 Å². The Morgan fingerprint density at radius 3 is 2.64 bits per heavy atom. The van der Waals surface area contributed by atoms with E-state index in [1.54, 1.807) is 11.8 Å². The van der Waals surface area contributed by atoms with Crippen molar-refractivity contribution < 1.29 is 4.79 Å². The van der Waals surface area contributed by atoms with Crippen LogP contribution in [0.5, 0.6) is 0 Å². The van der Waals surface area contributed by atoms with E-state index >= 15 is 0 Å². The zero-order valence-corrected chi connectivity index (χ0v) is 14.3. The number of nitrogens with one attached hydrogen (secondary N) is 1. The van der Waals surface area contributed by atoms with Crippen molar-refractivity contribution in [1.82, 2.24) is 5.32 Å². The third kappa shape index (κ3) is 3.96. The Morgan fingerprint density at radius 2 is 1.95 bits per heavy atom. The van der Waals surface area contributed by atoms with Crippen LogP contribution in [0.3, 0.4) is 0 Å². The first-order valence-electron chi connectivity index (χ1n) is 7.67. The van der Waals surface area contributed by atoms with Gasteiger partial charge in [-0.15, -0.1) is 11.8 Å². The highest BCUT2D eigenvalue weighted by Gasteiger charge is 2.25. The number of benzene rings is 1. The first-order valence-corrected chi connectivity index (χ1v) is 9.71. The first-order chi connectivity index (χ1) is 10.7. The van der Waals surface area contributed by atoms with Crippen molar-refractivity contribution >= 4 is 40.7 Å². The van der Waals surface area contributed by atoms with Gasteiger partial charge in [-0.1, -0.05) is 31.4 Å². The summed E-state index contributed by atoms with van der Waals surface area (Å²) in [5.74, 6) is -0.0338. The summed E-state index contributed by atoms with van der Waals surface area (Å²) in [6, 6.07) is 8.63. The largest absolute Gasteiger partial charge is 0.301 e. The van der Waals surface area contributed by atoms with Gasteiger partial charge >= 0.3 is 0 Å². The standard InChI is InChI=1S/C17H20N2OS2/c1-21-14-9-7-12(8-10-14)11-15-16(20)19-17(22-15)18-13-5-3-2-4-6-13/h7-11,13H,2-6H2,1H3,(H,18,19,20)/b15-11+. The van der Waals surface area contributed by atoms with Gasteiger partial charge in [0.05, 0.1) is 10.9 Å². The second-order valence-electron chi connectivity index (χ2n) is 5.56. The normalized spacial score (nSPS) is 23.2. The molecule has 5 heteroatoms. The number of aliphatic imine (C=N–C) groups is 1. The number of hydrogen-bond donors (Lipinski definition) is 1. The Kier molecular flexibility index (Phi) is 5.26. The molecule has 1 aromatic rings. The van der Waals surface area contributed by atoms with Gasteiger partial charge in [0, 0.05) is 4.90 Å². The second kappa shape index (κ2) is 7.38.